The number of nitrogens with two attached hydrogens (primary N) is 1. The Kier molecular flexibility index (Phi) is 2.85. The quantitative estimate of drug-likeness (QED) is 0.904. The third kappa shape index (κ3) is 1.82. The molecule has 2 aromatic heterocycles. The molecule has 0 aliphatic heterocycles. The SMILES string of the molecule is NCc1nnc(-c2ncccc2Br)s1. The second-order valence-electron chi connectivity index (χ2n) is 2.54. The summed E-state index contributed by atoms with van der Waals surface area (Å²) >= 11 is 4.87. The van der Waals surface area contributed by atoms with Crippen LogP contribution in [0.2, 0.25) is 0 Å². The van der Waals surface area contributed by atoms with Gasteiger partial charge in [-0.2, -0.15) is 0 Å². The van der Waals surface area contributed by atoms with Gasteiger partial charge in [-0.1, -0.05) is 11.3 Å². The largest absolute Gasteiger partial charge is 0.324 e. The van der Waals surface area contributed by atoms with Crippen molar-refractivity contribution in [2.45, 2.75) is 6.54 Å². The molecule has 0 aliphatic rings. The standard InChI is InChI=1S/C8H7BrN4S/c9-5-2-1-3-11-7(5)8-13-12-6(4-10)14-8/h1-3H,4,10H2. The number of aromatic nitrogens is 3. The molecule has 0 fully saturated rings. The predicted octanol–water partition coefficient (Wildman–Crippen LogP) is 1.82. The van der Waals surface area contributed by atoms with Gasteiger partial charge in [0.05, 0.1) is 0 Å². The molecular weight excluding hydrogens is 264 g/mol. The minimum absolute atomic E-state index is 0.419. The lowest BCUT2D eigenvalue weighted by Crippen LogP contribution is -1.94. The third-order valence-corrected chi connectivity index (χ3v) is 3.19. The lowest BCUT2D eigenvalue weighted by molar-refractivity contribution is 0.958. The molecule has 4 nitrogen and oxygen atoms in total. The summed E-state index contributed by atoms with van der Waals surface area (Å²) < 4.78 is 0.916. The molecule has 72 valence electrons. The van der Waals surface area contributed by atoms with Crippen LogP contribution in [0.4, 0.5) is 0 Å². The Labute approximate surface area is 93.3 Å². The van der Waals surface area contributed by atoms with Crippen molar-refractivity contribution in [1.82, 2.24) is 15.2 Å². The maximum absolute atomic E-state index is 5.46. The maximum atomic E-state index is 5.46. The number of nitrogens with zero attached hydrogens (tertiary/aromatic N) is 3. The van der Waals surface area contributed by atoms with E-state index in [1.165, 1.54) is 11.3 Å². The van der Waals surface area contributed by atoms with Crippen LogP contribution in [0.25, 0.3) is 10.7 Å². The Bertz CT molecular complexity index is 442. The smallest absolute Gasteiger partial charge is 0.167 e. The molecule has 0 unspecified atom stereocenters. The molecule has 2 rings (SSSR count). The molecule has 0 aliphatic carbocycles. The van der Waals surface area contributed by atoms with Crippen molar-refractivity contribution < 1.29 is 0 Å². The van der Waals surface area contributed by atoms with Crippen LogP contribution >= 0.6 is 27.3 Å². The van der Waals surface area contributed by atoms with Crippen molar-refractivity contribution in [1.29, 1.82) is 0 Å². The highest BCUT2D eigenvalue weighted by Gasteiger charge is 2.09. The van der Waals surface area contributed by atoms with Crippen LogP contribution in [0.3, 0.4) is 0 Å². The van der Waals surface area contributed by atoms with Crippen LogP contribution in [-0.4, -0.2) is 15.2 Å². The van der Waals surface area contributed by atoms with E-state index in [4.69, 9.17) is 5.73 Å². The lowest BCUT2D eigenvalue weighted by Gasteiger charge is -1.95. The molecule has 0 aromatic carbocycles. The topological polar surface area (TPSA) is 64.7 Å². The molecule has 2 N–H and O–H groups in total. The van der Waals surface area contributed by atoms with Crippen molar-refractivity contribution in [3.8, 4) is 10.7 Å². The third-order valence-electron chi connectivity index (χ3n) is 1.60. The van der Waals surface area contributed by atoms with Gasteiger partial charge < -0.3 is 5.73 Å². The van der Waals surface area contributed by atoms with E-state index in [9.17, 15) is 0 Å². The Morgan fingerprint density at radius 3 is 2.93 bits per heavy atom. The second-order valence-corrected chi connectivity index (χ2v) is 4.46. The fourth-order valence-corrected chi connectivity index (χ4v) is 2.28. The Morgan fingerprint density at radius 1 is 1.43 bits per heavy atom. The van der Waals surface area contributed by atoms with Gasteiger partial charge in [0.15, 0.2) is 5.01 Å². The molecule has 0 radical (unpaired) electrons. The van der Waals surface area contributed by atoms with Crippen LogP contribution in [0.15, 0.2) is 22.8 Å². The van der Waals surface area contributed by atoms with Crippen LogP contribution in [0, 0.1) is 0 Å². The van der Waals surface area contributed by atoms with E-state index < -0.39 is 0 Å². The highest BCUT2D eigenvalue weighted by Crippen LogP contribution is 2.27. The van der Waals surface area contributed by atoms with Crippen LogP contribution < -0.4 is 5.73 Å². The van der Waals surface area contributed by atoms with Crippen molar-refractivity contribution >= 4 is 27.3 Å². The summed E-state index contributed by atoms with van der Waals surface area (Å²) in [6.45, 7) is 0.419. The van der Waals surface area contributed by atoms with Gasteiger partial charge in [0.1, 0.15) is 10.7 Å². The molecular formula is C8H7BrN4S. The van der Waals surface area contributed by atoms with Gasteiger partial charge in [0.25, 0.3) is 0 Å². The van der Waals surface area contributed by atoms with Gasteiger partial charge in [-0.25, -0.2) is 0 Å². The van der Waals surface area contributed by atoms with Crippen molar-refractivity contribution in [2.24, 2.45) is 5.73 Å². The molecule has 0 bridgehead atoms. The first kappa shape index (κ1) is 9.70. The average Bonchev–Trinajstić information content (AvgIpc) is 2.67. The lowest BCUT2D eigenvalue weighted by atomic mass is 10.4. The van der Waals surface area contributed by atoms with Crippen molar-refractivity contribution in [2.75, 3.05) is 0 Å². The van der Waals surface area contributed by atoms with Gasteiger partial charge in [-0.15, -0.1) is 10.2 Å². The molecule has 0 spiro atoms. The van der Waals surface area contributed by atoms with E-state index in [0.717, 1.165) is 20.2 Å². The first-order valence-corrected chi connectivity index (χ1v) is 5.55. The fourth-order valence-electron chi connectivity index (χ4n) is 0.975. The fraction of sp³-hybridized carbons (Fsp3) is 0.125. The number of hydrogen-bond donors (Lipinski definition) is 1. The minimum Gasteiger partial charge on any atom is -0.324 e. The summed E-state index contributed by atoms with van der Waals surface area (Å²) in [7, 11) is 0. The summed E-state index contributed by atoms with van der Waals surface area (Å²) in [6, 6.07) is 3.78. The van der Waals surface area contributed by atoms with Crippen molar-refractivity contribution in [3.05, 3.63) is 27.8 Å². The molecule has 0 atom stereocenters. The average molecular weight is 271 g/mol. The van der Waals surface area contributed by atoms with E-state index in [2.05, 4.69) is 31.1 Å². The van der Waals surface area contributed by atoms with E-state index in [1.807, 2.05) is 12.1 Å². The first-order valence-electron chi connectivity index (χ1n) is 3.94. The monoisotopic (exact) mass is 270 g/mol. The zero-order valence-corrected chi connectivity index (χ0v) is 9.55. The normalized spacial score (nSPS) is 10.4. The van der Waals surface area contributed by atoms with Gasteiger partial charge in [0, 0.05) is 17.2 Å². The Balaban J connectivity index is 2.44. The van der Waals surface area contributed by atoms with Crippen LogP contribution in [-0.2, 0) is 6.54 Å². The van der Waals surface area contributed by atoms with Crippen LogP contribution in [0.1, 0.15) is 5.01 Å². The summed E-state index contributed by atoms with van der Waals surface area (Å²) in [4.78, 5) is 4.22. The molecule has 2 heterocycles. The van der Waals surface area contributed by atoms with Gasteiger partial charge in [0.2, 0.25) is 0 Å². The van der Waals surface area contributed by atoms with E-state index >= 15 is 0 Å². The van der Waals surface area contributed by atoms with E-state index in [1.54, 1.807) is 6.20 Å². The summed E-state index contributed by atoms with van der Waals surface area (Å²) in [5, 5.41) is 9.56. The van der Waals surface area contributed by atoms with E-state index in [-0.39, 0.29) is 0 Å². The van der Waals surface area contributed by atoms with Crippen molar-refractivity contribution in [3.63, 3.8) is 0 Å². The zero-order valence-electron chi connectivity index (χ0n) is 7.14. The molecule has 0 saturated heterocycles. The molecule has 2 aromatic rings. The summed E-state index contributed by atoms with van der Waals surface area (Å²) in [6.07, 6.45) is 1.73. The first-order chi connectivity index (χ1) is 6.81. The predicted molar refractivity (Wildman–Crippen MR) is 58.7 cm³/mol. The molecule has 6 heteroatoms. The highest BCUT2D eigenvalue weighted by molar-refractivity contribution is 9.10. The number of pyridine rings is 1. The summed E-state index contributed by atoms with van der Waals surface area (Å²) in [5.41, 5.74) is 6.26. The molecule has 0 saturated carbocycles. The highest BCUT2D eigenvalue weighted by atomic mass is 79.9. The number of rotatable bonds is 2. The maximum Gasteiger partial charge on any atom is 0.167 e. The van der Waals surface area contributed by atoms with E-state index in [0.29, 0.717) is 6.54 Å². The second kappa shape index (κ2) is 4.12. The Morgan fingerprint density at radius 2 is 2.29 bits per heavy atom. The molecule has 14 heavy (non-hydrogen) atoms. The Hall–Kier alpha value is -0.850. The minimum atomic E-state index is 0.419. The van der Waals surface area contributed by atoms with Crippen LogP contribution in [0.5, 0.6) is 0 Å². The summed E-state index contributed by atoms with van der Waals surface area (Å²) in [5.74, 6) is 0. The number of hydrogen-bond acceptors (Lipinski definition) is 5. The molecule has 0 amide bonds. The zero-order chi connectivity index (χ0) is 9.97. The number of halogens is 1. The van der Waals surface area contributed by atoms with Gasteiger partial charge in [-0.3, -0.25) is 4.98 Å². The van der Waals surface area contributed by atoms with Gasteiger partial charge in [-0.05, 0) is 28.1 Å². The van der Waals surface area contributed by atoms with Gasteiger partial charge >= 0.3 is 0 Å².